The zero-order valence-electron chi connectivity index (χ0n) is 18.2. The third kappa shape index (κ3) is 5.34. The van der Waals surface area contributed by atoms with Crippen LogP contribution in [0.25, 0.3) is 11.0 Å². The number of para-hydroxylation sites is 1. The zero-order valence-corrected chi connectivity index (χ0v) is 18.2. The van der Waals surface area contributed by atoms with Crippen molar-refractivity contribution < 1.29 is 27.4 Å². The van der Waals surface area contributed by atoms with E-state index in [0.717, 1.165) is 28.7 Å². The lowest BCUT2D eigenvalue weighted by Crippen LogP contribution is -2.15. The second-order valence-electron chi connectivity index (χ2n) is 7.44. The first-order chi connectivity index (χ1) is 16.3. The van der Waals surface area contributed by atoms with Gasteiger partial charge in [0, 0.05) is 12.7 Å². The van der Waals surface area contributed by atoms with Gasteiger partial charge in [-0.25, -0.2) is 4.68 Å². The van der Waals surface area contributed by atoms with Gasteiger partial charge < -0.3 is 14.8 Å². The van der Waals surface area contributed by atoms with Crippen LogP contribution in [0.1, 0.15) is 21.5 Å². The van der Waals surface area contributed by atoms with Crippen LogP contribution in [0.2, 0.25) is 0 Å². The number of rotatable bonds is 8. The van der Waals surface area contributed by atoms with Crippen molar-refractivity contribution in [2.24, 2.45) is 0 Å². The normalized spacial score (nSPS) is 11.5. The molecule has 0 saturated heterocycles. The van der Waals surface area contributed by atoms with Crippen LogP contribution in [0.3, 0.4) is 0 Å². The number of alkyl halides is 3. The second-order valence-corrected chi connectivity index (χ2v) is 7.44. The highest BCUT2D eigenvalue weighted by Crippen LogP contribution is 2.35. The van der Waals surface area contributed by atoms with Gasteiger partial charge in [0.15, 0.2) is 0 Å². The number of amides is 1. The second kappa shape index (κ2) is 9.92. The number of hydrogen-bond acceptors (Lipinski definition) is 5. The Morgan fingerprint density at radius 1 is 1.03 bits per heavy atom. The molecule has 0 fully saturated rings. The molecule has 0 spiro atoms. The van der Waals surface area contributed by atoms with Crippen LogP contribution in [-0.2, 0) is 17.5 Å². The topological polar surface area (TPSA) is 78.3 Å². The molecule has 4 aromatic rings. The first kappa shape index (κ1) is 23.2. The molecule has 0 atom stereocenters. The number of carbonyl (C=O) groups is 1. The van der Waals surface area contributed by atoms with Gasteiger partial charge in [-0.15, -0.1) is 5.10 Å². The smallest absolute Gasteiger partial charge is 0.416 e. The molecule has 0 bridgehead atoms. The number of ether oxygens (including phenoxy) is 2. The van der Waals surface area contributed by atoms with Gasteiger partial charge in [-0.3, -0.25) is 4.79 Å². The maximum atomic E-state index is 13.2. The van der Waals surface area contributed by atoms with Gasteiger partial charge in [-0.2, -0.15) is 13.2 Å². The van der Waals surface area contributed by atoms with Crippen molar-refractivity contribution in [1.82, 2.24) is 15.0 Å². The average molecular weight is 470 g/mol. The van der Waals surface area contributed by atoms with Crippen LogP contribution in [0, 0.1) is 0 Å². The number of hydrogen-bond donors (Lipinski definition) is 1. The standard InChI is InChI=1S/C24H21F3N4O3/c1-33-12-13-34-22-11-10-18(24(25,26)27)14-20(22)28-23(32)17-8-6-16(7-9-17)15-31-21-5-3-2-4-19(21)29-30-31/h2-11,14H,12-13,15H2,1H3,(H,28,32). The number of halogens is 3. The van der Waals surface area contributed by atoms with Crippen molar-refractivity contribution in [1.29, 1.82) is 0 Å². The lowest BCUT2D eigenvalue weighted by atomic mass is 10.1. The summed E-state index contributed by atoms with van der Waals surface area (Å²) in [7, 11) is 1.48. The molecule has 1 aromatic heterocycles. The number of carbonyl (C=O) groups excluding carboxylic acids is 1. The maximum Gasteiger partial charge on any atom is 0.416 e. The summed E-state index contributed by atoms with van der Waals surface area (Å²) in [5, 5.41) is 10.8. The Labute approximate surface area is 193 Å². The summed E-state index contributed by atoms with van der Waals surface area (Å²) < 4.78 is 51.7. The maximum absolute atomic E-state index is 13.2. The molecular weight excluding hydrogens is 449 g/mol. The van der Waals surface area contributed by atoms with Crippen molar-refractivity contribution in [2.45, 2.75) is 12.7 Å². The summed E-state index contributed by atoms with van der Waals surface area (Å²) in [5.74, 6) is -0.443. The van der Waals surface area contributed by atoms with Gasteiger partial charge in [-0.1, -0.05) is 29.5 Å². The summed E-state index contributed by atoms with van der Waals surface area (Å²) in [6.45, 7) is 0.820. The lowest BCUT2D eigenvalue weighted by Gasteiger charge is -2.15. The highest BCUT2D eigenvalue weighted by Gasteiger charge is 2.31. The highest BCUT2D eigenvalue weighted by molar-refractivity contribution is 6.05. The van der Waals surface area contributed by atoms with Crippen molar-refractivity contribution in [3.05, 3.63) is 83.4 Å². The highest BCUT2D eigenvalue weighted by atomic mass is 19.4. The van der Waals surface area contributed by atoms with E-state index in [1.807, 2.05) is 24.3 Å². The van der Waals surface area contributed by atoms with Gasteiger partial charge in [0.2, 0.25) is 0 Å². The molecule has 34 heavy (non-hydrogen) atoms. The number of fused-ring (bicyclic) bond motifs is 1. The van der Waals surface area contributed by atoms with Crippen LogP contribution >= 0.6 is 0 Å². The summed E-state index contributed by atoms with van der Waals surface area (Å²) in [4.78, 5) is 12.8. The molecule has 0 aliphatic carbocycles. The van der Waals surface area contributed by atoms with E-state index in [4.69, 9.17) is 9.47 Å². The largest absolute Gasteiger partial charge is 0.489 e. The molecular formula is C24H21F3N4O3. The molecule has 1 heterocycles. The Hall–Kier alpha value is -3.92. The number of nitrogens with zero attached hydrogens (tertiary/aromatic N) is 3. The van der Waals surface area contributed by atoms with Crippen LogP contribution in [-0.4, -0.2) is 41.2 Å². The predicted molar refractivity (Wildman–Crippen MR) is 120 cm³/mol. The molecule has 0 radical (unpaired) electrons. The van der Waals surface area contributed by atoms with Gasteiger partial charge in [0.1, 0.15) is 17.9 Å². The third-order valence-electron chi connectivity index (χ3n) is 5.07. The summed E-state index contributed by atoms with van der Waals surface area (Å²) >= 11 is 0. The Balaban J connectivity index is 1.50. The van der Waals surface area contributed by atoms with Gasteiger partial charge in [0.25, 0.3) is 5.91 Å². The molecule has 0 unspecified atom stereocenters. The molecule has 3 aromatic carbocycles. The Bertz CT molecular complexity index is 1290. The number of nitrogens with one attached hydrogen (secondary N) is 1. The Morgan fingerprint density at radius 3 is 2.53 bits per heavy atom. The van der Waals surface area contributed by atoms with E-state index in [9.17, 15) is 18.0 Å². The molecule has 0 aliphatic heterocycles. The van der Waals surface area contributed by atoms with Gasteiger partial charge in [-0.05, 0) is 48.0 Å². The lowest BCUT2D eigenvalue weighted by molar-refractivity contribution is -0.137. The number of anilines is 1. The summed E-state index contributed by atoms with van der Waals surface area (Å²) in [6.07, 6.45) is -4.56. The van der Waals surface area contributed by atoms with Crippen LogP contribution in [0.4, 0.5) is 18.9 Å². The quantitative estimate of drug-likeness (QED) is 0.375. The minimum Gasteiger partial charge on any atom is -0.489 e. The first-order valence-electron chi connectivity index (χ1n) is 10.4. The molecule has 176 valence electrons. The SMILES string of the molecule is COCCOc1ccc(C(F)(F)F)cc1NC(=O)c1ccc(Cn2nnc3ccccc32)cc1. The van der Waals surface area contributed by atoms with Crippen molar-refractivity contribution in [3.63, 3.8) is 0 Å². The fourth-order valence-corrected chi connectivity index (χ4v) is 3.33. The van der Waals surface area contributed by atoms with E-state index in [1.54, 1.807) is 28.9 Å². The van der Waals surface area contributed by atoms with Crippen LogP contribution in [0.15, 0.2) is 66.7 Å². The van der Waals surface area contributed by atoms with Crippen LogP contribution < -0.4 is 10.1 Å². The average Bonchev–Trinajstić information content (AvgIpc) is 3.22. The van der Waals surface area contributed by atoms with E-state index in [-0.39, 0.29) is 30.2 Å². The van der Waals surface area contributed by atoms with E-state index < -0.39 is 17.6 Å². The molecule has 1 amide bonds. The van der Waals surface area contributed by atoms with Gasteiger partial charge >= 0.3 is 6.18 Å². The van der Waals surface area contributed by atoms with Crippen molar-refractivity contribution in [3.8, 4) is 5.75 Å². The summed E-state index contributed by atoms with van der Waals surface area (Å²) in [6, 6.07) is 17.2. The molecule has 1 N–H and O–H groups in total. The minimum atomic E-state index is -4.56. The number of methoxy groups -OCH3 is 1. The molecule has 10 heteroatoms. The molecule has 4 rings (SSSR count). The Morgan fingerprint density at radius 2 is 1.79 bits per heavy atom. The Kier molecular flexibility index (Phi) is 6.78. The number of aromatic nitrogens is 3. The number of benzene rings is 3. The third-order valence-corrected chi connectivity index (χ3v) is 5.07. The first-order valence-corrected chi connectivity index (χ1v) is 10.4. The van der Waals surface area contributed by atoms with E-state index in [2.05, 4.69) is 15.6 Å². The van der Waals surface area contributed by atoms with E-state index in [0.29, 0.717) is 6.54 Å². The summed E-state index contributed by atoms with van der Waals surface area (Å²) in [5.41, 5.74) is 1.87. The van der Waals surface area contributed by atoms with Crippen LogP contribution in [0.5, 0.6) is 5.75 Å². The molecule has 7 nitrogen and oxygen atoms in total. The van der Waals surface area contributed by atoms with E-state index in [1.165, 1.54) is 13.2 Å². The zero-order chi connectivity index (χ0) is 24.1. The molecule has 0 saturated carbocycles. The van der Waals surface area contributed by atoms with Gasteiger partial charge in [0.05, 0.1) is 29.9 Å². The fourth-order valence-electron chi connectivity index (χ4n) is 3.33. The fraction of sp³-hybridized carbons (Fsp3) is 0.208. The van der Waals surface area contributed by atoms with E-state index >= 15 is 0 Å². The molecule has 0 aliphatic rings. The van der Waals surface area contributed by atoms with Crippen molar-refractivity contribution in [2.75, 3.05) is 25.6 Å². The minimum absolute atomic E-state index is 0.0749. The predicted octanol–water partition coefficient (Wildman–Crippen LogP) is 4.78. The van der Waals surface area contributed by atoms with Crippen molar-refractivity contribution >= 4 is 22.6 Å². The monoisotopic (exact) mass is 470 g/mol.